The van der Waals surface area contributed by atoms with Gasteiger partial charge in [0.05, 0.1) is 0 Å². The van der Waals surface area contributed by atoms with E-state index >= 15 is 0 Å². The third-order valence-electron chi connectivity index (χ3n) is 5.10. The molecule has 0 bridgehead atoms. The highest BCUT2D eigenvalue weighted by Gasteiger charge is 2.29. The van der Waals surface area contributed by atoms with E-state index in [1.165, 1.54) is 22.3 Å². The summed E-state index contributed by atoms with van der Waals surface area (Å²) < 4.78 is 0. The molecule has 2 aliphatic rings. The van der Waals surface area contributed by atoms with Crippen molar-refractivity contribution in [3.8, 4) is 0 Å². The Hall–Kier alpha value is -2.14. The lowest BCUT2D eigenvalue weighted by Crippen LogP contribution is -2.42. The van der Waals surface area contributed by atoms with E-state index in [-0.39, 0.29) is 5.91 Å². The number of nitrogens with zero attached hydrogens (tertiary/aromatic N) is 1. The summed E-state index contributed by atoms with van der Waals surface area (Å²) >= 11 is 6.14. The van der Waals surface area contributed by atoms with Crippen LogP contribution in [0.1, 0.15) is 17.5 Å². The zero-order valence-corrected chi connectivity index (χ0v) is 15.2. The van der Waals surface area contributed by atoms with Crippen LogP contribution < -0.4 is 5.32 Å². The second kappa shape index (κ2) is 7.23. The second-order valence-corrected chi connectivity index (χ2v) is 7.35. The highest BCUT2D eigenvalue weighted by molar-refractivity contribution is 6.30. The minimum absolute atomic E-state index is 0.340. The van der Waals surface area contributed by atoms with Crippen molar-refractivity contribution in [2.75, 3.05) is 25.0 Å². The summed E-state index contributed by atoms with van der Waals surface area (Å²) in [6.07, 6.45) is 0.816. The van der Waals surface area contributed by atoms with Crippen LogP contribution in [-0.2, 0) is 11.2 Å². The fraction of sp³-hybridized carbons (Fsp3) is 0.286. The minimum atomic E-state index is -1.05. The molecule has 2 N–H and O–H groups in total. The first-order valence-corrected chi connectivity index (χ1v) is 9.24. The summed E-state index contributed by atoms with van der Waals surface area (Å²) in [6, 6.07) is 15.3. The largest absolute Gasteiger partial charge is 0.382 e. The highest BCUT2D eigenvalue weighted by atomic mass is 35.5. The lowest BCUT2D eigenvalue weighted by Gasteiger charge is -2.30. The molecular formula is C21H21ClN2O2. The topological polar surface area (TPSA) is 52.6 Å². The molecule has 2 aromatic rings. The normalized spacial score (nSPS) is 17.6. The predicted molar refractivity (Wildman–Crippen MR) is 104 cm³/mol. The quantitative estimate of drug-likeness (QED) is 0.870. The van der Waals surface area contributed by atoms with E-state index in [0.29, 0.717) is 12.2 Å². The maximum Gasteiger partial charge on any atom is 0.254 e. The molecule has 0 radical (unpaired) electrons. The van der Waals surface area contributed by atoms with E-state index < -0.39 is 6.10 Å². The Morgan fingerprint density at radius 2 is 2.04 bits per heavy atom. The molecule has 4 nitrogen and oxygen atoms in total. The molecule has 26 heavy (non-hydrogen) atoms. The van der Waals surface area contributed by atoms with Gasteiger partial charge in [0.2, 0.25) is 0 Å². The van der Waals surface area contributed by atoms with E-state index in [1.807, 2.05) is 36.4 Å². The van der Waals surface area contributed by atoms with Crippen LogP contribution in [-0.4, -0.2) is 41.7 Å². The number of hydrogen-bond acceptors (Lipinski definition) is 3. The molecule has 0 fully saturated rings. The Kier molecular flexibility index (Phi) is 4.81. The molecule has 134 valence electrons. The summed E-state index contributed by atoms with van der Waals surface area (Å²) in [5.41, 5.74) is 6.06. The van der Waals surface area contributed by atoms with Gasteiger partial charge < -0.3 is 10.4 Å². The first-order chi connectivity index (χ1) is 12.6. The Balaban J connectivity index is 1.38. The SMILES string of the molecule is O=C(Nc1ccccc1)C(O)CN1CCC2=C(Cc3ccc(Cl)cc32)C1. The second-order valence-electron chi connectivity index (χ2n) is 6.92. The number of aliphatic hydroxyl groups excluding tert-OH is 1. The molecule has 1 heterocycles. The molecule has 1 aliphatic carbocycles. The van der Waals surface area contributed by atoms with Crippen LogP contribution >= 0.6 is 11.6 Å². The molecule has 1 atom stereocenters. The number of para-hydroxylation sites is 1. The summed E-state index contributed by atoms with van der Waals surface area (Å²) in [7, 11) is 0. The lowest BCUT2D eigenvalue weighted by atomic mass is 9.99. The van der Waals surface area contributed by atoms with Crippen molar-refractivity contribution in [3.05, 3.63) is 70.3 Å². The molecule has 1 unspecified atom stereocenters. The third-order valence-corrected chi connectivity index (χ3v) is 5.33. The average Bonchev–Trinajstić information content (AvgIpc) is 2.99. The molecule has 0 aromatic heterocycles. The number of β-amino-alcohol motifs (C(OH)–C–C–N with tert-alkyl or cyclic N) is 1. The Labute approximate surface area is 158 Å². The van der Waals surface area contributed by atoms with E-state index in [1.54, 1.807) is 0 Å². The van der Waals surface area contributed by atoms with Crippen molar-refractivity contribution in [1.82, 2.24) is 4.90 Å². The number of aliphatic hydroxyl groups is 1. The van der Waals surface area contributed by atoms with Gasteiger partial charge in [-0.1, -0.05) is 35.9 Å². The number of carbonyl (C=O) groups is 1. The van der Waals surface area contributed by atoms with Crippen molar-refractivity contribution in [2.45, 2.75) is 18.9 Å². The molecular weight excluding hydrogens is 348 g/mol. The van der Waals surface area contributed by atoms with Crippen molar-refractivity contribution >= 4 is 28.8 Å². The van der Waals surface area contributed by atoms with Gasteiger partial charge in [0.25, 0.3) is 5.91 Å². The van der Waals surface area contributed by atoms with Crippen LogP contribution in [0.5, 0.6) is 0 Å². The number of halogens is 1. The van der Waals surface area contributed by atoms with Gasteiger partial charge in [-0.25, -0.2) is 0 Å². The van der Waals surface area contributed by atoms with Gasteiger partial charge in [0, 0.05) is 30.3 Å². The number of carbonyl (C=O) groups excluding carboxylic acids is 1. The fourth-order valence-corrected chi connectivity index (χ4v) is 3.99. The number of hydrogen-bond donors (Lipinski definition) is 2. The first kappa shape index (κ1) is 17.3. The standard InChI is InChI=1S/C21H21ClN2O2/c22-16-7-6-14-10-15-12-24(9-8-18(15)19(14)11-16)13-20(25)21(26)23-17-4-2-1-3-5-17/h1-7,11,20,25H,8-10,12-13H2,(H,23,26). The van der Waals surface area contributed by atoms with E-state index in [2.05, 4.69) is 22.3 Å². The molecule has 4 rings (SSSR count). The number of fused-ring (bicyclic) bond motifs is 2. The van der Waals surface area contributed by atoms with Gasteiger partial charge >= 0.3 is 0 Å². The van der Waals surface area contributed by atoms with Gasteiger partial charge in [-0.15, -0.1) is 0 Å². The molecule has 0 saturated heterocycles. The number of anilines is 1. The Morgan fingerprint density at radius 1 is 1.23 bits per heavy atom. The molecule has 1 amide bonds. The van der Waals surface area contributed by atoms with Crippen LogP contribution in [0.4, 0.5) is 5.69 Å². The zero-order chi connectivity index (χ0) is 18.1. The molecule has 5 heteroatoms. The van der Waals surface area contributed by atoms with Gasteiger partial charge in [-0.3, -0.25) is 9.69 Å². The van der Waals surface area contributed by atoms with Crippen LogP contribution in [0.15, 0.2) is 54.1 Å². The van der Waals surface area contributed by atoms with Gasteiger partial charge in [-0.05, 0) is 59.4 Å². The van der Waals surface area contributed by atoms with Gasteiger partial charge in [-0.2, -0.15) is 0 Å². The van der Waals surface area contributed by atoms with Crippen LogP contribution in [0.25, 0.3) is 5.57 Å². The molecule has 0 spiro atoms. The van der Waals surface area contributed by atoms with E-state index in [9.17, 15) is 9.90 Å². The number of nitrogens with one attached hydrogen (secondary N) is 1. The maximum absolute atomic E-state index is 12.2. The number of rotatable bonds is 4. The van der Waals surface area contributed by atoms with Gasteiger partial charge in [0.15, 0.2) is 0 Å². The van der Waals surface area contributed by atoms with Crippen LogP contribution in [0.2, 0.25) is 5.02 Å². The molecule has 0 saturated carbocycles. The van der Waals surface area contributed by atoms with E-state index in [4.69, 9.17) is 11.6 Å². The summed E-state index contributed by atoms with van der Waals surface area (Å²) in [5, 5.41) is 13.8. The maximum atomic E-state index is 12.2. The zero-order valence-electron chi connectivity index (χ0n) is 14.4. The smallest absolute Gasteiger partial charge is 0.254 e. The fourth-order valence-electron chi connectivity index (χ4n) is 3.82. The highest BCUT2D eigenvalue weighted by Crippen LogP contribution is 2.39. The summed E-state index contributed by atoms with van der Waals surface area (Å²) in [4.78, 5) is 14.4. The van der Waals surface area contributed by atoms with Crippen molar-refractivity contribution in [3.63, 3.8) is 0 Å². The first-order valence-electron chi connectivity index (χ1n) is 8.86. The number of benzene rings is 2. The minimum Gasteiger partial charge on any atom is -0.382 e. The van der Waals surface area contributed by atoms with Crippen molar-refractivity contribution in [2.24, 2.45) is 0 Å². The Morgan fingerprint density at radius 3 is 2.85 bits per heavy atom. The monoisotopic (exact) mass is 368 g/mol. The van der Waals surface area contributed by atoms with Gasteiger partial charge in [0.1, 0.15) is 6.10 Å². The third kappa shape index (κ3) is 3.54. The molecule has 1 aliphatic heterocycles. The molecule has 2 aromatic carbocycles. The predicted octanol–water partition coefficient (Wildman–Crippen LogP) is 3.36. The summed E-state index contributed by atoms with van der Waals surface area (Å²) in [5.74, 6) is -0.363. The summed E-state index contributed by atoms with van der Waals surface area (Å²) in [6.45, 7) is 1.96. The van der Waals surface area contributed by atoms with Crippen molar-refractivity contribution < 1.29 is 9.90 Å². The lowest BCUT2D eigenvalue weighted by molar-refractivity contribution is -0.124. The van der Waals surface area contributed by atoms with E-state index in [0.717, 1.165) is 31.0 Å². The van der Waals surface area contributed by atoms with Crippen LogP contribution in [0, 0.1) is 0 Å². The Bertz CT molecular complexity index is 864. The van der Waals surface area contributed by atoms with Crippen molar-refractivity contribution in [1.29, 1.82) is 0 Å². The average molecular weight is 369 g/mol. The van der Waals surface area contributed by atoms with Crippen LogP contribution in [0.3, 0.4) is 0 Å². The number of amides is 1.